The summed E-state index contributed by atoms with van der Waals surface area (Å²) < 4.78 is 0. The van der Waals surface area contributed by atoms with E-state index in [1.54, 1.807) is 6.20 Å². The summed E-state index contributed by atoms with van der Waals surface area (Å²) in [7, 11) is 0. The molecule has 8 nitrogen and oxygen atoms in total. The number of aryl methyl sites for hydroxylation is 1. The standard InChI is InChI=1S/C25H22N6O2/c1-16-4-2-5-17-6-3-7-19(23(16)17)21-12-22-20(13-27-21)24(29-15-28-22)30-10-11-31(25(32)33)18(14-30)8-9-26/h2-7,12-13,15,18H,8,10-11,14H2,1H3,(H,32,33)/t18-/m0/s1. The number of rotatable bonds is 3. The van der Waals surface area contributed by atoms with Crippen molar-refractivity contribution < 1.29 is 9.90 Å². The predicted molar refractivity (Wildman–Crippen MR) is 126 cm³/mol. The molecule has 164 valence electrons. The summed E-state index contributed by atoms with van der Waals surface area (Å²) in [6.45, 7) is 3.30. The number of piperazine rings is 1. The van der Waals surface area contributed by atoms with Gasteiger partial charge in [0.25, 0.3) is 0 Å². The average molecular weight is 438 g/mol. The molecule has 4 aromatic rings. The highest BCUT2D eigenvalue weighted by Crippen LogP contribution is 2.32. The molecule has 1 saturated heterocycles. The summed E-state index contributed by atoms with van der Waals surface area (Å²) in [5, 5.41) is 21.8. The van der Waals surface area contributed by atoms with E-state index in [-0.39, 0.29) is 6.42 Å². The fourth-order valence-electron chi connectivity index (χ4n) is 4.66. The van der Waals surface area contributed by atoms with Gasteiger partial charge in [-0.15, -0.1) is 0 Å². The van der Waals surface area contributed by atoms with Gasteiger partial charge in [0, 0.05) is 31.4 Å². The van der Waals surface area contributed by atoms with E-state index >= 15 is 0 Å². The zero-order chi connectivity index (χ0) is 22.9. The Morgan fingerprint density at radius 2 is 2.00 bits per heavy atom. The van der Waals surface area contributed by atoms with Crippen molar-refractivity contribution in [1.82, 2.24) is 19.9 Å². The Morgan fingerprint density at radius 1 is 1.18 bits per heavy atom. The Balaban J connectivity index is 1.55. The van der Waals surface area contributed by atoms with Crippen LogP contribution in [-0.2, 0) is 0 Å². The maximum Gasteiger partial charge on any atom is 0.407 e. The molecule has 0 bridgehead atoms. The lowest BCUT2D eigenvalue weighted by molar-refractivity contribution is 0.119. The van der Waals surface area contributed by atoms with E-state index in [1.807, 2.05) is 17.0 Å². The number of fused-ring (bicyclic) bond motifs is 2. The lowest BCUT2D eigenvalue weighted by Crippen LogP contribution is -2.55. The van der Waals surface area contributed by atoms with E-state index in [0.29, 0.717) is 25.5 Å². The number of nitriles is 1. The van der Waals surface area contributed by atoms with Crippen molar-refractivity contribution in [2.75, 3.05) is 24.5 Å². The van der Waals surface area contributed by atoms with Crippen molar-refractivity contribution in [3.8, 4) is 17.3 Å². The molecule has 3 heterocycles. The highest BCUT2D eigenvalue weighted by molar-refractivity contribution is 6.00. The molecular weight excluding hydrogens is 416 g/mol. The number of pyridine rings is 1. The summed E-state index contributed by atoms with van der Waals surface area (Å²) in [6, 6.07) is 16.1. The molecular formula is C25H22N6O2. The molecule has 0 saturated carbocycles. The zero-order valence-corrected chi connectivity index (χ0v) is 18.1. The van der Waals surface area contributed by atoms with E-state index in [1.165, 1.54) is 22.2 Å². The van der Waals surface area contributed by atoms with Crippen LogP contribution in [-0.4, -0.2) is 56.7 Å². The molecule has 1 aliphatic rings. The van der Waals surface area contributed by atoms with Crippen molar-refractivity contribution in [1.29, 1.82) is 5.26 Å². The molecule has 2 aromatic heterocycles. The van der Waals surface area contributed by atoms with Crippen molar-refractivity contribution in [3.05, 3.63) is 60.6 Å². The number of aromatic nitrogens is 3. The number of hydrogen-bond donors (Lipinski definition) is 1. The fraction of sp³-hybridized carbons (Fsp3) is 0.240. The monoisotopic (exact) mass is 438 g/mol. The maximum atomic E-state index is 11.5. The van der Waals surface area contributed by atoms with Crippen molar-refractivity contribution in [2.24, 2.45) is 0 Å². The highest BCUT2D eigenvalue weighted by Gasteiger charge is 2.31. The summed E-state index contributed by atoms with van der Waals surface area (Å²) in [6.07, 6.45) is 2.45. The van der Waals surface area contributed by atoms with Gasteiger partial charge in [-0.3, -0.25) is 4.98 Å². The van der Waals surface area contributed by atoms with E-state index in [4.69, 9.17) is 10.2 Å². The Bertz CT molecular complexity index is 1410. The fourth-order valence-corrected chi connectivity index (χ4v) is 4.66. The molecule has 2 aromatic carbocycles. The van der Waals surface area contributed by atoms with Crippen LogP contribution in [0.15, 0.2) is 55.0 Å². The first-order chi connectivity index (χ1) is 16.1. The van der Waals surface area contributed by atoms with Crippen LogP contribution in [0.5, 0.6) is 0 Å². The van der Waals surface area contributed by atoms with Gasteiger partial charge in [0.1, 0.15) is 12.1 Å². The summed E-state index contributed by atoms with van der Waals surface area (Å²) in [5.74, 6) is 0.709. The Morgan fingerprint density at radius 3 is 2.79 bits per heavy atom. The number of carbonyl (C=O) groups is 1. The number of hydrogen-bond acceptors (Lipinski definition) is 6. The second-order valence-corrected chi connectivity index (χ2v) is 8.20. The van der Waals surface area contributed by atoms with Crippen LogP contribution < -0.4 is 4.90 Å². The summed E-state index contributed by atoms with van der Waals surface area (Å²) in [5.41, 5.74) is 3.85. The highest BCUT2D eigenvalue weighted by atomic mass is 16.4. The van der Waals surface area contributed by atoms with Crippen LogP contribution in [0.4, 0.5) is 10.6 Å². The molecule has 0 unspecified atom stereocenters. The SMILES string of the molecule is Cc1cccc2cccc(-c3cc4ncnc(N5CCN(C(=O)O)[C@@H](CC#N)C5)c4cn3)c12. The zero-order valence-electron chi connectivity index (χ0n) is 18.1. The van der Waals surface area contributed by atoms with Gasteiger partial charge < -0.3 is 14.9 Å². The van der Waals surface area contributed by atoms with E-state index in [9.17, 15) is 9.90 Å². The minimum Gasteiger partial charge on any atom is -0.465 e. The topological polar surface area (TPSA) is 106 Å². The minimum absolute atomic E-state index is 0.134. The number of benzene rings is 2. The molecule has 8 heteroatoms. The largest absolute Gasteiger partial charge is 0.465 e. The Labute approximate surface area is 190 Å². The van der Waals surface area contributed by atoms with Gasteiger partial charge in [0.15, 0.2) is 0 Å². The van der Waals surface area contributed by atoms with Crippen LogP contribution in [0.1, 0.15) is 12.0 Å². The molecule has 1 N–H and O–H groups in total. The third-order valence-corrected chi connectivity index (χ3v) is 6.24. The molecule has 0 spiro atoms. The minimum atomic E-state index is -1.00. The van der Waals surface area contributed by atoms with Crippen LogP contribution in [0.2, 0.25) is 0 Å². The van der Waals surface area contributed by atoms with Crippen molar-refractivity contribution in [3.63, 3.8) is 0 Å². The number of carboxylic acid groups (broad SMARTS) is 1. The average Bonchev–Trinajstić information content (AvgIpc) is 2.83. The lowest BCUT2D eigenvalue weighted by Gasteiger charge is -2.39. The number of amides is 1. The van der Waals surface area contributed by atoms with E-state index < -0.39 is 12.1 Å². The molecule has 1 aliphatic heterocycles. The van der Waals surface area contributed by atoms with Crippen molar-refractivity contribution >= 4 is 33.6 Å². The van der Waals surface area contributed by atoms with E-state index in [0.717, 1.165) is 27.5 Å². The van der Waals surface area contributed by atoms with Crippen molar-refractivity contribution in [2.45, 2.75) is 19.4 Å². The third kappa shape index (κ3) is 3.68. The first-order valence-electron chi connectivity index (χ1n) is 10.8. The Hall–Kier alpha value is -4.25. The Kier molecular flexibility index (Phi) is 5.23. The van der Waals surface area contributed by atoms with Gasteiger partial charge in [-0.1, -0.05) is 36.4 Å². The van der Waals surface area contributed by atoms with Crippen LogP contribution in [0.25, 0.3) is 32.9 Å². The number of nitrogens with zero attached hydrogens (tertiary/aromatic N) is 6. The molecule has 33 heavy (non-hydrogen) atoms. The van der Waals surface area contributed by atoms with Crippen LogP contribution in [0, 0.1) is 18.3 Å². The van der Waals surface area contributed by atoms with Crippen LogP contribution >= 0.6 is 0 Å². The van der Waals surface area contributed by atoms with Gasteiger partial charge in [0.2, 0.25) is 0 Å². The van der Waals surface area contributed by atoms with Gasteiger partial charge in [-0.25, -0.2) is 14.8 Å². The number of anilines is 1. The molecule has 1 amide bonds. The second kappa shape index (κ2) is 8.36. The van der Waals surface area contributed by atoms with Crippen LogP contribution in [0.3, 0.4) is 0 Å². The third-order valence-electron chi connectivity index (χ3n) is 6.24. The lowest BCUT2D eigenvalue weighted by atomic mass is 9.97. The first kappa shape index (κ1) is 20.6. The molecule has 5 rings (SSSR count). The summed E-state index contributed by atoms with van der Waals surface area (Å²) >= 11 is 0. The quantitative estimate of drug-likeness (QED) is 0.510. The van der Waals surface area contributed by atoms with Gasteiger partial charge in [0.05, 0.1) is 35.1 Å². The van der Waals surface area contributed by atoms with Gasteiger partial charge >= 0.3 is 6.09 Å². The first-order valence-corrected chi connectivity index (χ1v) is 10.8. The predicted octanol–water partition coefficient (Wildman–Crippen LogP) is 4.24. The molecule has 1 fully saturated rings. The smallest absolute Gasteiger partial charge is 0.407 e. The normalized spacial score (nSPS) is 16.2. The molecule has 1 atom stereocenters. The van der Waals surface area contributed by atoms with E-state index in [2.05, 4.69) is 53.3 Å². The summed E-state index contributed by atoms with van der Waals surface area (Å²) in [4.78, 5) is 28.6. The molecule has 0 radical (unpaired) electrons. The van der Waals surface area contributed by atoms with Gasteiger partial charge in [-0.05, 0) is 29.3 Å². The van der Waals surface area contributed by atoms with Gasteiger partial charge in [-0.2, -0.15) is 5.26 Å². The molecule has 0 aliphatic carbocycles. The maximum absolute atomic E-state index is 11.5. The second-order valence-electron chi connectivity index (χ2n) is 8.20.